The van der Waals surface area contributed by atoms with Crippen molar-refractivity contribution >= 4 is 23.1 Å². The van der Waals surface area contributed by atoms with Crippen LogP contribution in [0.25, 0.3) is 16.0 Å². The molecule has 0 saturated carbocycles. The zero-order chi connectivity index (χ0) is 17.6. The van der Waals surface area contributed by atoms with Crippen LogP contribution in [0.1, 0.15) is 83.1 Å². The second-order valence-corrected chi connectivity index (χ2v) is 7.01. The van der Waals surface area contributed by atoms with E-state index < -0.39 is 0 Å². The molecule has 0 bridgehead atoms. The van der Waals surface area contributed by atoms with Crippen molar-refractivity contribution in [1.82, 2.24) is 0 Å². The Balaban J connectivity index is -0.0000000675. The summed E-state index contributed by atoms with van der Waals surface area (Å²) in [6.45, 7) is 25.2. The van der Waals surface area contributed by atoms with Gasteiger partial charge in [0, 0.05) is 0 Å². The van der Waals surface area contributed by atoms with Crippen LogP contribution < -0.4 is 29.6 Å². The van der Waals surface area contributed by atoms with E-state index >= 15 is 0 Å². The molecule has 0 unspecified atom stereocenters. The molecule has 0 saturated heterocycles. The van der Waals surface area contributed by atoms with Crippen LogP contribution in [0.2, 0.25) is 0 Å². The molecule has 132 valence electrons. The molecule has 0 aliphatic heterocycles. The van der Waals surface area contributed by atoms with Gasteiger partial charge in [-0.1, -0.05) is 83.1 Å². The minimum absolute atomic E-state index is 0. The standard InChI is InChI=1S/3C6H14N.Mg.Na/c3*1-5(2)7-6(3)4;;/h3*5-6H,1-4H3;;/q3*-1;+2;+1. The van der Waals surface area contributed by atoms with Crippen molar-refractivity contribution in [2.45, 2.75) is 119 Å². The van der Waals surface area contributed by atoms with Gasteiger partial charge in [-0.15, -0.1) is 36.3 Å². The topological polar surface area (TPSA) is 42.3 Å². The average Bonchev–Trinajstić information content (AvgIpc) is 2.10. The van der Waals surface area contributed by atoms with Gasteiger partial charge in [0.25, 0.3) is 0 Å². The molecule has 0 radical (unpaired) electrons. The van der Waals surface area contributed by atoms with Gasteiger partial charge in [-0.05, 0) is 0 Å². The molecule has 0 aromatic heterocycles. The predicted molar refractivity (Wildman–Crippen MR) is 107 cm³/mol. The summed E-state index contributed by atoms with van der Waals surface area (Å²) in [7, 11) is 0. The summed E-state index contributed by atoms with van der Waals surface area (Å²) in [6, 6.07) is 3.00. The molecule has 23 heavy (non-hydrogen) atoms. The van der Waals surface area contributed by atoms with Gasteiger partial charge in [0.15, 0.2) is 0 Å². The quantitative estimate of drug-likeness (QED) is 0.662. The smallest absolute Gasteiger partial charge is 0.658 e. The van der Waals surface area contributed by atoms with Crippen LogP contribution in [0.3, 0.4) is 0 Å². The maximum absolute atomic E-state index is 4.28. The molecule has 0 rings (SSSR count). The van der Waals surface area contributed by atoms with E-state index in [0.717, 1.165) is 0 Å². The monoisotopic (exact) mass is 347 g/mol. The molecule has 0 aliphatic carbocycles. The van der Waals surface area contributed by atoms with E-state index in [0.29, 0.717) is 36.3 Å². The van der Waals surface area contributed by atoms with Gasteiger partial charge in [-0.2, -0.15) is 0 Å². The first kappa shape index (κ1) is 35.7. The maximum Gasteiger partial charge on any atom is 2.00 e. The fourth-order valence-electron chi connectivity index (χ4n) is 1.79. The number of hydrogen-bond acceptors (Lipinski definition) is 0. The second-order valence-electron chi connectivity index (χ2n) is 7.01. The third-order valence-corrected chi connectivity index (χ3v) is 1.79. The van der Waals surface area contributed by atoms with Crippen LogP contribution in [0.15, 0.2) is 0 Å². The number of rotatable bonds is 6. The van der Waals surface area contributed by atoms with Crippen LogP contribution in [0.5, 0.6) is 0 Å². The van der Waals surface area contributed by atoms with Crippen molar-refractivity contribution in [2.24, 2.45) is 0 Å². The molecular weight excluding hydrogens is 306 g/mol. The molecule has 5 heteroatoms. The first-order valence-electron chi connectivity index (χ1n) is 8.48. The van der Waals surface area contributed by atoms with Gasteiger partial charge in [0.1, 0.15) is 0 Å². The van der Waals surface area contributed by atoms with E-state index in [1.165, 1.54) is 0 Å². The summed E-state index contributed by atoms with van der Waals surface area (Å²) in [5, 5.41) is 12.8. The van der Waals surface area contributed by atoms with Crippen LogP contribution in [-0.2, 0) is 0 Å². The molecule has 0 amide bonds. The van der Waals surface area contributed by atoms with Crippen molar-refractivity contribution in [3.63, 3.8) is 0 Å². The summed E-state index contributed by atoms with van der Waals surface area (Å²) in [5.41, 5.74) is 0. The zero-order valence-corrected chi connectivity index (χ0v) is 21.9. The molecule has 0 aromatic carbocycles. The van der Waals surface area contributed by atoms with Crippen molar-refractivity contribution in [1.29, 1.82) is 0 Å². The fourth-order valence-corrected chi connectivity index (χ4v) is 1.79. The Morgan fingerprint density at radius 1 is 0.348 bits per heavy atom. The first-order valence-corrected chi connectivity index (χ1v) is 8.48. The summed E-state index contributed by atoms with van der Waals surface area (Å²) < 4.78 is 0. The largest absolute Gasteiger partial charge is 2.00 e. The van der Waals surface area contributed by atoms with Gasteiger partial charge in [-0.3, -0.25) is 0 Å². The van der Waals surface area contributed by atoms with Crippen LogP contribution >= 0.6 is 0 Å². The Labute approximate surface area is 186 Å². The minimum atomic E-state index is 0. The molecule has 0 N–H and O–H groups in total. The molecule has 0 heterocycles. The van der Waals surface area contributed by atoms with Crippen molar-refractivity contribution in [3.05, 3.63) is 16.0 Å². The van der Waals surface area contributed by atoms with E-state index in [4.69, 9.17) is 0 Å². The number of hydrogen-bond donors (Lipinski definition) is 0. The van der Waals surface area contributed by atoms with Crippen LogP contribution in [0.4, 0.5) is 0 Å². The van der Waals surface area contributed by atoms with Gasteiger partial charge < -0.3 is 16.0 Å². The summed E-state index contributed by atoms with van der Waals surface area (Å²) in [5.74, 6) is 0. The summed E-state index contributed by atoms with van der Waals surface area (Å²) >= 11 is 0. The van der Waals surface area contributed by atoms with Gasteiger partial charge >= 0.3 is 52.6 Å². The van der Waals surface area contributed by atoms with Crippen molar-refractivity contribution in [2.75, 3.05) is 0 Å². The van der Waals surface area contributed by atoms with Crippen molar-refractivity contribution in [3.8, 4) is 0 Å². The van der Waals surface area contributed by atoms with E-state index in [9.17, 15) is 0 Å². The Hall–Kier alpha value is 1.65. The van der Waals surface area contributed by atoms with E-state index in [-0.39, 0.29) is 52.6 Å². The maximum atomic E-state index is 4.28. The fraction of sp³-hybridized carbons (Fsp3) is 1.00. The third-order valence-electron chi connectivity index (χ3n) is 1.79. The Morgan fingerprint density at radius 3 is 0.435 bits per heavy atom. The predicted octanol–water partition coefficient (Wildman–Crippen LogP) is 3.15. The SMILES string of the molecule is CC(C)[N-]C(C)C.CC(C)[N-]C(C)C.CC(C)[N-]C(C)C.[Mg+2].[Na+]. The molecule has 0 aliphatic rings. The third kappa shape index (κ3) is 59.5. The first-order chi connectivity index (χ1) is 9.38. The molecule has 0 spiro atoms. The Kier molecular flexibility index (Phi) is 36.7. The molecular formula is C18H42MgN3Na. The zero-order valence-electron chi connectivity index (χ0n) is 18.5. The van der Waals surface area contributed by atoms with Crippen LogP contribution in [0, 0.1) is 0 Å². The second kappa shape index (κ2) is 23.6. The molecule has 3 nitrogen and oxygen atoms in total. The normalized spacial score (nSPS) is 10.2. The molecule has 0 atom stereocenters. The van der Waals surface area contributed by atoms with Gasteiger partial charge in [0.05, 0.1) is 0 Å². The summed E-state index contributed by atoms with van der Waals surface area (Å²) in [4.78, 5) is 0. The van der Waals surface area contributed by atoms with E-state index in [1.807, 2.05) is 0 Å². The summed E-state index contributed by atoms with van der Waals surface area (Å²) in [6.07, 6.45) is 0. The number of nitrogens with zero attached hydrogens (tertiary/aromatic N) is 3. The molecule has 0 fully saturated rings. The molecule has 0 aromatic rings. The van der Waals surface area contributed by atoms with E-state index in [1.54, 1.807) is 0 Å². The van der Waals surface area contributed by atoms with Gasteiger partial charge in [0.2, 0.25) is 0 Å². The average molecular weight is 348 g/mol. The van der Waals surface area contributed by atoms with E-state index in [2.05, 4.69) is 99.0 Å². The Morgan fingerprint density at radius 2 is 0.435 bits per heavy atom. The Bertz CT molecular complexity index is 145. The minimum Gasteiger partial charge on any atom is -0.658 e. The van der Waals surface area contributed by atoms with Crippen molar-refractivity contribution < 1.29 is 29.6 Å². The van der Waals surface area contributed by atoms with Crippen LogP contribution in [-0.4, -0.2) is 59.3 Å². The van der Waals surface area contributed by atoms with Gasteiger partial charge in [-0.25, -0.2) is 0 Å².